The van der Waals surface area contributed by atoms with E-state index in [2.05, 4.69) is 15.4 Å². The van der Waals surface area contributed by atoms with Gasteiger partial charge in [-0.1, -0.05) is 6.07 Å². The maximum atomic E-state index is 12.5. The highest BCUT2D eigenvalue weighted by atomic mass is 32.1. The molecule has 0 unspecified atom stereocenters. The largest absolute Gasteiger partial charge is 0.321 e. The molecule has 0 aliphatic heterocycles. The fraction of sp³-hybridized carbons (Fsp3) is 0.0526. The zero-order valence-electron chi connectivity index (χ0n) is 13.8. The average molecular weight is 359 g/mol. The molecule has 4 aromatic rings. The van der Waals surface area contributed by atoms with E-state index in [0.717, 1.165) is 16.3 Å². The molecule has 126 valence electrons. The number of hydrogen-bond acceptors (Lipinski definition) is 5. The summed E-state index contributed by atoms with van der Waals surface area (Å²) < 4.78 is 1.73. The first-order valence-corrected chi connectivity index (χ1v) is 8.75. The van der Waals surface area contributed by atoms with Crippen molar-refractivity contribution in [1.82, 2.24) is 14.6 Å². The Morgan fingerprint density at radius 1 is 1.23 bits per heavy atom. The monoisotopic (exact) mass is 359 g/mol. The average Bonchev–Trinajstić information content (AvgIpc) is 3.31. The Hall–Kier alpha value is -3.50. The Kier molecular flexibility index (Phi) is 3.95. The van der Waals surface area contributed by atoms with E-state index >= 15 is 0 Å². The second-order valence-electron chi connectivity index (χ2n) is 5.70. The highest BCUT2D eigenvalue weighted by molar-refractivity contribution is 7.13. The van der Waals surface area contributed by atoms with E-state index in [9.17, 15) is 4.79 Å². The van der Waals surface area contributed by atoms with Gasteiger partial charge in [0.25, 0.3) is 5.91 Å². The van der Waals surface area contributed by atoms with Gasteiger partial charge in [-0.2, -0.15) is 10.4 Å². The summed E-state index contributed by atoms with van der Waals surface area (Å²) in [6.45, 7) is 1.89. The normalized spacial score (nSPS) is 10.6. The first-order valence-electron chi connectivity index (χ1n) is 7.87. The second-order valence-corrected chi connectivity index (χ2v) is 6.65. The summed E-state index contributed by atoms with van der Waals surface area (Å²) in [5.74, 6) is -0.306. The minimum absolute atomic E-state index is 0.306. The highest BCUT2D eigenvalue weighted by Gasteiger charge is 2.14. The van der Waals surface area contributed by atoms with Crippen molar-refractivity contribution in [2.45, 2.75) is 6.92 Å². The molecule has 1 aromatic carbocycles. The van der Waals surface area contributed by atoms with Crippen molar-refractivity contribution < 1.29 is 4.79 Å². The van der Waals surface area contributed by atoms with Crippen LogP contribution in [-0.2, 0) is 0 Å². The van der Waals surface area contributed by atoms with Crippen molar-refractivity contribution >= 4 is 28.6 Å². The molecule has 7 heteroatoms. The molecule has 0 fully saturated rings. The lowest BCUT2D eigenvalue weighted by Gasteiger charge is -2.06. The molecule has 6 nitrogen and oxygen atoms in total. The molecule has 0 spiro atoms. The number of anilines is 1. The lowest BCUT2D eigenvalue weighted by Crippen LogP contribution is -2.15. The van der Waals surface area contributed by atoms with Crippen molar-refractivity contribution in [1.29, 1.82) is 5.26 Å². The molecule has 4 rings (SSSR count). The number of nitrogens with one attached hydrogen (secondary N) is 1. The Labute approximate surface area is 153 Å². The number of nitriles is 1. The van der Waals surface area contributed by atoms with Gasteiger partial charge in [0.05, 0.1) is 16.5 Å². The van der Waals surface area contributed by atoms with Crippen LogP contribution < -0.4 is 5.32 Å². The molecule has 1 N–H and O–H groups in total. The number of aryl methyl sites for hydroxylation is 1. The fourth-order valence-electron chi connectivity index (χ4n) is 2.61. The van der Waals surface area contributed by atoms with Gasteiger partial charge in [-0.15, -0.1) is 11.3 Å². The molecule has 3 aromatic heterocycles. The number of thiophene rings is 1. The molecule has 26 heavy (non-hydrogen) atoms. The van der Waals surface area contributed by atoms with E-state index < -0.39 is 0 Å². The third-order valence-corrected chi connectivity index (χ3v) is 4.78. The number of benzene rings is 1. The summed E-state index contributed by atoms with van der Waals surface area (Å²) >= 11 is 1.61. The third kappa shape index (κ3) is 2.94. The van der Waals surface area contributed by atoms with Crippen LogP contribution in [0.1, 0.15) is 21.7 Å². The Morgan fingerprint density at radius 3 is 2.73 bits per heavy atom. The van der Waals surface area contributed by atoms with Crippen LogP contribution in [-0.4, -0.2) is 20.5 Å². The lowest BCUT2D eigenvalue weighted by atomic mass is 10.2. The van der Waals surface area contributed by atoms with Gasteiger partial charge < -0.3 is 5.32 Å². The number of carbonyl (C=O) groups is 1. The summed E-state index contributed by atoms with van der Waals surface area (Å²) in [4.78, 5) is 18.0. The molecule has 3 heterocycles. The zero-order chi connectivity index (χ0) is 18.1. The smallest absolute Gasteiger partial charge is 0.274 e. The Bertz CT molecular complexity index is 1140. The number of aromatic nitrogens is 3. The first kappa shape index (κ1) is 16.0. The summed E-state index contributed by atoms with van der Waals surface area (Å²) in [7, 11) is 0. The number of rotatable bonds is 3. The van der Waals surface area contributed by atoms with Crippen molar-refractivity contribution in [2.24, 2.45) is 0 Å². The fourth-order valence-corrected chi connectivity index (χ4v) is 3.29. The summed E-state index contributed by atoms with van der Waals surface area (Å²) in [5.41, 5.74) is 3.75. The quantitative estimate of drug-likeness (QED) is 0.601. The molecule has 0 radical (unpaired) electrons. The van der Waals surface area contributed by atoms with Crippen molar-refractivity contribution in [2.75, 3.05) is 5.32 Å². The number of hydrogen-bond donors (Lipinski definition) is 1. The van der Waals surface area contributed by atoms with Crippen molar-refractivity contribution in [3.05, 3.63) is 70.9 Å². The van der Waals surface area contributed by atoms with Gasteiger partial charge in [-0.25, -0.2) is 9.50 Å². The van der Waals surface area contributed by atoms with E-state index in [1.165, 1.54) is 0 Å². The van der Waals surface area contributed by atoms with Crippen molar-refractivity contribution in [3.63, 3.8) is 0 Å². The van der Waals surface area contributed by atoms with E-state index in [1.807, 2.05) is 36.6 Å². The molecule has 1 amide bonds. The molecule has 0 aliphatic rings. The second kappa shape index (κ2) is 6.43. The summed E-state index contributed by atoms with van der Waals surface area (Å²) in [5, 5.41) is 18.2. The van der Waals surface area contributed by atoms with Gasteiger partial charge in [-0.3, -0.25) is 4.79 Å². The molecular formula is C19H13N5OS. The van der Waals surface area contributed by atoms with E-state index in [4.69, 9.17) is 5.26 Å². The van der Waals surface area contributed by atoms with Gasteiger partial charge in [0, 0.05) is 17.4 Å². The van der Waals surface area contributed by atoms with E-state index in [1.54, 1.807) is 46.2 Å². The van der Waals surface area contributed by atoms with Gasteiger partial charge in [-0.05, 0) is 48.7 Å². The molecule has 0 saturated carbocycles. The minimum Gasteiger partial charge on any atom is -0.321 e. The highest BCUT2D eigenvalue weighted by Crippen LogP contribution is 2.24. The Morgan fingerprint density at radius 2 is 2.04 bits per heavy atom. The lowest BCUT2D eigenvalue weighted by molar-refractivity contribution is 0.102. The minimum atomic E-state index is -0.306. The summed E-state index contributed by atoms with van der Waals surface area (Å²) in [6.07, 6.45) is 0. The van der Waals surface area contributed by atoms with Gasteiger partial charge in [0.2, 0.25) is 0 Å². The molecule has 0 atom stereocenters. The van der Waals surface area contributed by atoms with E-state index in [-0.39, 0.29) is 5.91 Å². The number of fused-ring (bicyclic) bond motifs is 1. The van der Waals surface area contributed by atoms with Crippen LogP contribution in [0, 0.1) is 18.3 Å². The van der Waals surface area contributed by atoms with Crippen LogP contribution >= 0.6 is 11.3 Å². The number of amides is 1. The topological polar surface area (TPSA) is 83.1 Å². The van der Waals surface area contributed by atoms with Crippen LogP contribution in [0.4, 0.5) is 5.69 Å². The first-order chi connectivity index (χ1) is 12.6. The van der Waals surface area contributed by atoms with Crippen LogP contribution in [0.2, 0.25) is 0 Å². The van der Waals surface area contributed by atoms with Crippen molar-refractivity contribution in [3.8, 4) is 16.6 Å². The molecule has 0 bridgehead atoms. The van der Waals surface area contributed by atoms with Crippen LogP contribution in [0.15, 0.2) is 53.9 Å². The standard InChI is InChI=1S/C19H13N5OS/c1-12-9-16(19(25)21-14-6-4-13(11-20)5-7-14)22-18-10-15(23-24(12)18)17-3-2-8-26-17/h2-10H,1H3,(H,21,25). The third-order valence-electron chi connectivity index (χ3n) is 3.88. The number of carbonyl (C=O) groups excluding carboxylic acids is 1. The van der Waals surface area contributed by atoms with Gasteiger partial charge in [0.1, 0.15) is 11.4 Å². The maximum absolute atomic E-state index is 12.5. The maximum Gasteiger partial charge on any atom is 0.274 e. The zero-order valence-corrected chi connectivity index (χ0v) is 14.6. The number of nitrogens with zero attached hydrogens (tertiary/aromatic N) is 4. The predicted molar refractivity (Wildman–Crippen MR) is 100 cm³/mol. The molecule has 0 aliphatic carbocycles. The van der Waals surface area contributed by atoms with Crippen LogP contribution in [0.3, 0.4) is 0 Å². The van der Waals surface area contributed by atoms with E-state index in [0.29, 0.717) is 22.6 Å². The van der Waals surface area contributed by atoms with Gasteiger partial charge >= 0.3 is 0 Å². The predicted octanol–water partition coefficient (Wildman–Crippen LogP) is 3.89. The van der Waals surface area contributed by atoms with Gasteiger partial charge in [0.15, 0.2) is 5.65 Å². The van der Waals surface area contributed by atoms with Crippen LogP contribution in [0.25, 0.3) is 16.2 Å². The van der Waals surface area contributed by atoms with Crippen LogP contribution in [0.5, 0.6) is 0 Å². The molecular weight excluding hydrogens is 346 g/mol. The Balaban J connectivity index is 1.65. The SMILES string of the molecule is Cc1cc(C(=O)Nc2ccc(C#N)cc2)nc2cc(-c3cccs3)nn12. The summed E-state index contributed by atoms with van der Waals surface area (Å²) in [6, 6.07) is 16.3. The molecule has 0 saturated heterocycles.